The molecule has 0 unspecified atom stereocenters. The average molecular weight is 684 g/mol. The number of rotatable bonds is 3. The van der Waals surface area contributed by atoms with Crippen molar-refractivity contribution in [3.63, 3.8) is 0 Å². The van der Waals surface area contributed by atoms with E-state index >= 15 is 0 Å². The number of nitrogens with zero attached hydrogens (tertiary/aromatic N) is 3. The van der Waals surface area contributed by atoms with Crippen molar-refractivity contribution in [3.05, 3.63) is 173 Å². The van der Waals surface area contributed by atoms with E-state index in [-0.39, 0.29) is 0 Å². The Balaban J connectivity index is 1.36. The van der Waals surface area contributed by atoms with E-state index in [0.717, 1.165) is 65.7 Å². The van der Waals surface area contributed by atoms with Crippen LogP contribution in [0.25, 0.3) is 104 Å². The predicted molar refractivity (Wildman–Crippen MR) is 222 cm³/mol. The summed E-state index contributed by atoms with van der Waals surface area (Å²) in [6, 6.07) is 53.6. The number of hydrogen-bond donors (Lipinski definition) is 0. The van der Waals surface area contributed by atoms with E-state index in [0.29, 0.717) is 16.8 Å². The Labute approximate surface area is 313 Å². The van der Waals surface area contributed by atoms with Crippen molar-refractivity contribution in [3.8, 4) is 67.8 Å². The van der Waals surface area contributed by atoms with Gasteiger partial charge in [-0.1, -0.05) is 84.9 Å². The maximum atomic E-state index is 9.74. The van der Waals surface area contributed by atoms with Gasteiger partial charge in [-0.15, -0.1) is 0 Å². The summed E-state index contributed by atoms with van der Waals surface area (Å²) >= 11 is 0. The van der Waals surface area contributed by atoms with Gasteiger partial charge >= 0.3 is 0 Å². The van der Waals surface area contributed by atoms with Crippen LogP contribution in [0.15, 0.2) is 140 Å². The average Bonchev–Trinajstić information content (AvgIpc) is 3.53. The van der Waals surface area contributed by atoms with Crippen LogP contribution in [0.2, 0.25) is 0 Å². The minimum Gasteiger partial charge on any atom is -0.238 e. The van der Waals surface area contributed by atoms with Crippen molar-refractivity contribution in [1.82, 2.24) is 0 Å². The fourth-order valence-electron chi connectivity index (χ4n) is 8.84. The van der Waals surface area contributed by atoms with Crippen LogP contribution < -0.4 is 0 Å². The Morgan fingerprint density at radius 2 is 0.944 bits per heavy atom. The fraction of sp³-hybridized carbons (Fsp3) is 0.0392. The smallest absolute Gasteiger partial charge is 0.187 e. The van der Waals surface area contributed by atoms with Gasteiger partial charge in [0.25, 0.3) is 0 Å². The maximum Gasteiger partial charge on any atom is 0.187 e. The third-order valence-corrected chi connectivity index (χ3v) is 11.3. The summed E-state index contributed by atoms with van der Waals surface area (Å²) in [5.74, 6) is 0. The summed E-state index contributed by atoms with van der Waals surface area (Å²) < 4.78 is 0. The molecule has 3 heteroatoms. The van der Waals surface area contributed by atoms with Gasteiger partial charge in [0.2, 0.25) is 0 Å². The van der Waals surface area contributed by atoms with Crippen LogP contribution in [0.1, 0.15) is 22.3 Å². The van der Waals surface area contributed by atoms with Gasteiger partial charge in [0, 0.05) is 0 Å². The van der Waals surface area contributed by atoms with E-state index in [4.69, 9.17) is 6.57 Å². The van der Waals surface area contributed by atoms with Crippen molar-refractivity contribution < 1.29 is 0 Å². The highest BCUT2D eigenvalue weighted by Crippen LogP contribution is 2.53. The monoisotopic (exact) mass is 683 g/mol. The molecule has 0 radical (unpaired) electrons. The molecule has 0 spiro atoms. The molecule has 1 aliphatic carbocycles. The van der Waals surface area contributed by atoms with Crippen LogP contribution in [0, 0.1) is 43.1 Å². The molecule has 0 N–H and O–H groups in total. The van der Waals surface area contributed by atoms with Crippen molar-refractivity contribution in [2.45, 2.75) is 13.8 Å². The lowest BCUT2D eigenvalue weighted by Gasteiger charge is -2.19. The molecule has 1 aliphatic rings. The molecule has 3 nitrogen and oxygen atoms in total. The van der Waals surface area contributed by atoms with Crippen molar-refractivity contribution in [1.29, 1.82) is 10.5 Å². The number of fused-ring (bicyclic) bond motifs is 8. The molecule has 0 atom stereocenters. The zero-order chi connectivity index (χ0) is 36.7. The summed E-state index contributed by atoms with van der Waals surface area (Å²) in [4.78, 5) is 3.81. The lowest BCUT2D eigenvalue weighted by molar-refractivity contribution is 1.42. The molecule has 248 valence electrons. The third kappa shape index (κ3) is 4.52. The highest BCUT2D eigenvalue weighted by Gasteiger charge is 2.26. The van der Waals surface area contributed by atoms with E-state index in [1.807, 2.05) is 49.4 Å². The Morgan fingerprint density at radius 1 is 0.407 bits per heavy atom. The first-order valence-electron chi connectivity index (χ1n) is 18.0. The van der Waals surface area contributed by atoms with Gasteiger partial charge in [-0.25, -0.2) is 4.85 Å². The molecule has 9 aromatic rings. The number of benzene rings is 9. The second kappa shape index (κ2) is 11.8. The highest BCUT2D eigenvalue weighted by atomic mass is 14.6. The van der Waals surface area contributed by atoms with Gasteiger partial charge in [-0.05, 0) is 178 Å². The first-order chi connectivity index (χ1) is 26.4. The van der Waals surface area contributed by atoms with E-state index in [1.165, 1.54) is 44.2 Å². The topological polar surface area (TPSA) is 51.9 Å². The number of hydrogen-bond acceptors (Lipinski definition) is 2. The van der Waals surface area contributed by atoms with Crippen LogP contribution >= 0.6 is 0 Å². The molecule has 0 heterocycles. The molecule has 9 aromatic carbocycles. The second-order valence-corrected chi connectivity index (χ2v) is 14.3. The molecule has 10 rings (SSSR count). The van der Waals surface area contributed by atoms with Gasteiger partial charge < -0.3 is 0 Å². The SMILES string of the molecule is [C-]#[N+]c1ccc2c(c1)c(-c1ccc(C#N)cc1C)cc1c3cc4c(cc3c(-c3ccc(C#N)cc3C)cc21)-c1cccc2c(-c3ccccc3)ccc-4c12. The van der Waals surface area contributed by atoms with E-state index < -0.39 is 0 Å². The Bertz CT molecular complexity index is 3260. The molecule has 54 heavy (non-hydrogen) atoms. The lowest BCUT2D eigenvalue weighted by atomic mass is 9.84. The Morgan fingerprint density at radius 3 is 1.57 bits per heavy atom. The van der Waals surface area contributed by atoms with Crippen LogP contribution in [-0.2, 0) is 0 Å². The van der Waals surface area contributed by atoms with Gasteiger partial charge in [-0.3, -0.25) is 0 Å². The highest BCUT2D eigenvalue weighted by molar-refractivity contribution is 6.28. The number of nitriles is 2. The standard InChI is InChI=1S/C51H29N3/c1-29-20-31(27-52)12-15-35(29)43-24-49-45(38-17-14-34(54-3)22-42(38)43)23-44(36-16-13-32(28-53)21-30(36)2)48-25-46-40-11-7-10-39-37(33-8-5-4-6-9-33)18-19-41(51(39)40)47(46)26-50(48)49/h4-26H,1-2H3. The maximum absolute atomic E-state index is 9.74. The molecule has 0 bridgehead atoms. The molecule has 0 saturated heterocycles. The van der Waals surface area contributed by atoms with E-state index in [2.05, 4.69) is 121 Å². The molecule has 0 aliphatic heterocycles. The van der Waals surface area contributed by atoms with Gasteiger partial charge in [0.05, 0.1) is 29.8 Å². The van der Waals surface area contributed by atoms with E-state index in [1.54, 1.807) is 0 Å². The number of aryl methyl sites for hydroxylation is 2. The van der Waals surface area contributed by atoms with Crippen molar-refractivity contribution in [2.75, 3.05) is 0 Å². The van der Waals surface area contributed by atoms with E-state index in [9.17, 15) is 10.5 Å². The minimum atomic E-state index is 0.580. The van der Waals surface area contributed by atoms with Gasteiger partial charge in [0.15, 0.2) is 5.69 Å². The first kappa shape index (κ1) is 31.2. The molecular weight excluding hydrogens is 655 g/mol. The Kier molecular flexibility index (Phi) is 6.81. The summed E-state index contributed by atoms with van der Waals surface area (Å²) in [5.41, 5.74) is 15.5. The quantitative estimate of drug-likeness (QED) is 0.137. The fourth-order valence-corrected chi connectivity index (χ4v) is 8.84. The normalized spacial score (nSPS) is 11.5. The minimum absolute atomic E-state index is 0.580. The van der Waals surface area contributed by atoms with Gasteiger partial charge in [0.1, 0.15) is 0 Å². The molecule has 0 saturated carbocycles. The Hall–Kier alpha value is -7.51. The predicted octanol–water partition coefficient (Wildman–Crippen LogP) is 13.9. The summed E-state index contributed by atoms with van der Waals surface area (Å²) in [6.07, 6.45) is 0. The molecule has 0 amide bonds. The third-order valence-electron chi connectivity index (χ3n) is 11.3. The summed E-state index contributed by atoms with van der Waals surface area (Å²) in [6.45, 7) is 12.0. The molecule has 0 aromatic heterocycles. The van der Waals surface area contributed by atoms with Crippen LogP contribution in [0.3, 0.4) is 0 Å². The van der Waals surface area contributed by atoms with Crippen molar-refractivity contribution >= 4 is 48.8 Å². The van der Waals surface area contributed by atoms with Gasteiger partial charge in [-0.2, -0.15) is 10.5 Å². The summed E-state index contributed by atoms with van der Waals surface area (Å²) in [7, 11) is 0. The van der Waals surface area contributed by atoms with Crippen molar-refractivity contribution in [2.24, 2.45) is 0 Å². The second-order valence-electron chi connectivity index (χ2n) is 14.3. The summed E-state index contributed by atoms with van der Waals surface area (Å²) in [5, 5.41) is 28.5. The molecule has 0 fully saturated rings. The zero-order valence-corrected chi connectivity index (χ0v) is 29.6. The van der Waals surface area contributed by atoms with Crippen LogP contribution in [-0.4, -0.2) is 0 Å². The van der Waals surface area contributed by atoms with Crippen LogP contribution in [0.4, 0.5) is 5.69 Å². The molecular formula is C51H29N3. The largest absolute Gasteiger partial charge is 0.238 e. The van der Waals surface area contributed by atoms with Crippen LogP contribution in [0.5, 0.6) is 0 Å². The first-order valence-corrected chi connectivity index (χ1v) is 18.0. The lowest BCUT2D eigenvalue weighted by Crippen LogP contribution is -1.93. The zero-order valence-electron chi connectivity index (χ0n) is 29.6.